The van der Waals surface area contributed by atoms with Gasteiger partial charge in [-0.05, 0) is 60.1 Å². The van der Waals surface area contributed by atoms with Crippen molar-refractivity contribution in [3.05, 3.63) is 35.7 Å². The van der Waals surface area contributed by atoms with Crippen molar-refractivity contribution in [2.75, 3.05) is 37.6 Å². The van der Waals surface area contributed by atoms with Gasteiger partial charge in [0.25, 0.3) is 0 Å². The van der Waals surface area contributed by atoms with Crippen molar-refractivity contribution in [3.63, 3.8) is 0 Å². The lowest BCUT2D eigenvalue weighted by molar-refractivity contribution is 0.228. The molecule has 1 saturated heterocycles. The minimum atomic E-state index is -0.0624. The second-order valence-corrected chi connectivity index (χ2v) is 10.5. The van der Waals surface area contributed by atoms with Crippen LogP contribution in [0, 0.1) is 22.6 Å². The molecular weight excluding hydrogens is 335 g/mol. The lowest BCUT2D eigenvalue weighted by Gasteiger charge is -2.41. The van der Waals surface area contributed by atoms with Gasteiger partial charge in [0.1, 0.15) is 5.82 Å². The molecule has 1 saturated carbocycles. The van der Waals surface area contributed by atoms with Gasteiger partial charge in [-0.15, -0.1) is 0 Å². The minimum Gasteiger partial charge on any atom is -0.368 e. The molecule has 3 aliphatic rings. The van der Waals surface area contributed by atoms with Crippen molar-refractivity contribution in [2.24, 2.45) is 16.7 Å². The largest absolute Gasteiger partial charge is 0.368 e. The molecule has 2 aliphatic carbocycles. The Morgan fingerprint density at radius 1 is 1.04 bits per heavy atom. The molecule has 0 bridgehead atoms. The Balaban J connectivity index is 1.60. The van der Waals surface area contributed by atoms with E-state index in [-0.39, 0.29) is 16.6 Å². The highest BCUT2D eigenvalue weighted by atomic mass is 19.1. The predicted octanol–water partition coefficient (Wildman–Crippen LogP) is 5.59. The molecule has 3 heteroatoms. The van der Waals surface area contributed by atoms with Gasteiger partial charge in [0, 0.05) is 44.0 Å². The van der Waals surface area contributed by atoms with Crippen LogP contribution in [0.4, 0.5) is 10.1 Å². The van der Waals surface area contributed by atoms with Crippen LogP contribution in [0.25, 0.3) is 5.57 Å². The van der Waals surface area contributed by atoms with E-state index in [1.54, 1.807) is 6.07 Å². The molecule has 0 aromatic heterocycles. The van der Waals surface area contributed by atoms with Gasteiger partial charge in [0.05, 0.1) is 0 Å². The lowest BCUT2D eigenvalue weighted by Crippen LogP contribution is -2.47. The summed E-state index contributed by atoms with van der Waals surface area (Å²) in [5.74, 6) is 0.880. The number of anilines is 1. The third-order valence-corrected chi connectivity index (χ3v) is 6.41. The Morgan fingerprint density at radius 2 is 1.74 bits per heavy atom. The highest BCUT2D eigenvalue weighted by Crippen LogP contribution is 2.49. The van der Waals surface area contributed by atoms with Crippen LogP contribution in [0.15, 0.2) is 24.3 Å². The van der Waals surface area contributed by atoms with Gasteiger partial charge in [0.15, 0.2) is 0 Å². The lowest BCUT2D eigenvalue weighted by atomic mass is 9.65. The molecule has 1 aromatic rings. The van der Waals surface area contributed by atoms with Crippen LogP contribution in [-0.2, 0) is 0 Å². The van der Waals surface area contributed by atoms with Crippen LogP contribution in [-0.4, -0.2) is 37.6 Å². The molecule has 0 atom stereocenters. The Labute approximate surface area is 164 Å². The van der Waals surface area contributed by atoms with Gasteiger partial charge in [-0.2, -0.15) is 0 Å². The van der Waals surface area contributed by atoms with Crippen LogP contribution >= 0.6 is 0 Å². The molecule has 1 aliphatic heterocycles. The molecule has 0 amide bonds. The second-order valence-electron chi connectivity index (χ2n) is 10.5. The van der Waals surface area contributed by atoms with Crippen LogP contribution in [0.3, 0.4) is 0 Å². The SMILES string of the molecule is CC1(C)C=C(c2c(F)cccc2N2CCN(CC3CC3)CC2)CC(C)(C)C1. The molecule has 1 aromatic carbocycles. The van der Waals surface area contributed by atoms with Crippen molar-refractivity contribution >= 4 is 11.3 Å². The predicted molar refractivity (Wildman–Crippen MR) is 113 cm³/mol. The average molecular weight is 371 g/mol. The molecule has 0 unspecified atom stereocenters. The minimum absolute atomic E-state index is 0.0624. The van der Waals surface area contributed by atoms with Gasteiger partial charge in [-0.1, -0.05) is 39.8 Å². The summed E-state index contributed by atoms with van der Waals surface area (Å²) in [6.45, 7) is 14.7. The van der Waals surface area contributed by atoms with E-state index >= 15 is 4.39 Å². The number of hydrogen-bond acceptors (Lipinski definition) is 2. The highest BCUT2D eigenvalue weighted by molar-refractivity contribution is 5.79. The summed E-state index contributed by atoms with van der Waals surface area (Å²) >= 11 is 0. The van der Waals surface area contributed by atoms with Crippen LogP contribution in [0.5, 0.6) is 0 Å². The van der Waals surface area contributed by atoms with E-state index in [1.165, 1.54) is 25.0 Å². The molecule has 0 radical (unpaired) electrons. The van der Waals surface area contributed by atoms with Crippen molar-refractivity contribution < 1.29 is 4.39 Å². The quantitative estimate of drug-likeness (QED) is 0.682. The standard InChI is InChI=1S/C24H35FN2/c1-23(2)14-19(15-24(3,4)17-23)22-20(25)6-5-7-21(22)27-12-10-26(11-13-27)16-18-8-9-18/h5-7,14,18H,8-13,15-17H2,1-4H3. The molecule has 0 N–H and O–H groups in total. The normalized spacial score (nSPS) is 25.4. The Kier molecular flexibility index (Phi) is 4.86. The maximum absolute atomic E-state index is 15.1. The number of rotatable bonds is 4. The van der Waals surface area contributed by atoms with Crippen molar-refractivity contribution in [2.45, 2.75) is 53.4 Å². The fourth-order valence-electron chi connectivity index (χ4n) is 5.48. The zero-order chi connectivity index (χ0) is 19.2. The van der Waals surface area contributed by atoms with E-state index in [0.29, 0.717) is 0 Å². The number of piperazine rings is 1. The number of benzene rings is 1. The van der Waals surface area contributed by atoms with Crippen molar-refractivity contribution in [1.29, 1.82) is 0 Å². The average Bonchev–Trinajstić information content (AvgIpc) is 3.36. The zero-order valence-corrected chi connectivity index (χ0v) is 17.5. The number of nitrogens with zero attached hydrogens (tertiary/aromatic N) is 2. The summed E-state index contributed by atoms with van der Waals surface area (Å²) in [6, 6.07) is 5.65. The molecule has 2 fully saturated rings. The van der Waals surface area contributed by atoms with Gasteiger partial charge < -0.3 is 4.90 Å². The van der Waals surface area contributed by atoms with E-state index in [4.69, 9.17) is 0 Å². The molecule has 27 heavy (non-hydrogen) atoms. The monoisotopic (exact) mass is 370 g/mol. The molecule has 148 valence electrons. The van der Waals surface area contributed by atoms with Crippen LogP contribution < -0.4 is 4.90 Å². The molecule has 2 nitrogen and oxygen atoms in total. The van der Waals surface area contributed by atoms with Crippen LogP contribution in [0.2, 0.25) is 0 Å². The topological polar surface area (TPSA) is 6.48 Å². The van der Waals surface area contributed by atoms with E-state index in [0.717, 1.165) is 56.2 Å². The molecule has 1 heterocycles. The summed E-state index contributed by atoms with van der Waals surface area (Å²) in [6.07, 6.45) is 7.25. The van der Waals surface area contributed by atoms with Gasteiger partial charge in [0.2, 0.25) is 0 Å². The number of halogens is 1. The first kappa shape index (κ1) is 19.0. The third kappa shape index (κ3) is 4.39. The Hall–Kier alpha value is -1.35. The van der Waals surface area contributed by atoms with Crippen molar-refractivity contribution in [3.8, 4) is 0 Å². The number of allylic oxidation sites excluding steroid dienone is 2. The molecule has 4 rings (SSSR count). The van der Waals surface area contributed by atoms with E-state index in [1.807, 2.05) is 6.07 Å². The third-order valence-electron chi connectivity index (χ3n) is 6.41. The first-order valence-corrected chi connectivity index (χ1v) is 10.7. The van der Waals surface area contributed by atoms with Gasteiger partial charge in [-0.3, -0.25) is 4.90 Å². The summed E-state index contributed by atoms with van der Waals surface area (Å²) in [5, 5.41) is 0. The summed E-state index contributed by atoms with van der Waals surface area (Å²) in [5.41, 5.74) is 3.47. The smallest absolute Gasteiger partial charge is 0.132 e. The summed E-state index contributed by atoms with van der Waals surface area (Å²) in [4.78, 5) is 5.01. The van der Waals surface area contributed by atoms with E-state index in [2.05, 4.69) is 49.6 Å². The number of hydrogen-bond donors (Lipinski definition) is 0. The van der Waals surface area contributed by atoms with E-state index in [9.17, 15) is 0 Å². The fourth-order valence-corrected chi connectivity index (χ4v) is 5.48. The highest BCUT2D eigenvalue weighted by Gasteiger charge is 2.35. The summed E-state index contributed by atoms with van der Waals surface area (Å²) < 4.78 is 15.1. The zero-order valence-electron chi connectivity index (χ0n) is 17.5. The van der Waals surface area contributed by atoms with E-state index < -0.39 is 0 Å². The molecule has 0 spiro atoms. The van der Waals surface area contributed by atoms with Crippen LogP contribution in [0.1, 0.15) is 58.9 Å². The Bertz CT molecular complexity index is 722. The van der Waals surface area contributed by atoms with Crippen molar-refractivity contribution in [1.82, 2.24) is 4.90 Å². The maximum Gasteiger partial charge on any atom is 0.132 e. The first-order chi connectivity index (χ1) is 12.7. The van der Waals surface area contributed by atoms with Gasteiger partial charge in [-0.25, -0.2) is 4.39 Å². The second kappa shape index (κ2) is 6.92. The summed E-state index contributed by atoms with van der Waals surface area (Å²) in [7, 11) is 0. The maximum atomic E-state index is 15.1. The molecular formula is C24H35FN2. The first-order valence-electron chi connectivity index (χ1n) is 10.7. The van der Waals surface area contributed by atoms with Gasteiger partial charge >= 0.3 is 0 Å². The Morgan fingerprint density at radius 3 is 2.37 bits per heavy atom. The fraction of sp³-hybridized carbons (Fsp3) is 0.667.